The number of nitrogens with one attached hydrogen (secondary N) is 2. The van der Waals surface area contributed by atoms with Crippen LogP contribution in [0.3, 0.4) is 0 Å². The molecule has 1 aliphatic rings. The number of carbonyl (C=O) groups excluding carboxylic acids is 1. The van der Waals surface area contributed by atoms with Crippen LogP contribution in [0.4, 0.5) is 10.1 Å². The zero-order valence-corrected chi connectivity index (χ0v) is 10.5. The van der Waals surface area contributed by atoms with E-state index < -0.39 is 0 Å². The zero-order chi connectivity index (χ0) is 13.7. The molecule has 4 heteroatoms. The van der Waals surface area contributed by atoms with Crippen LogP contribution >= 0.6 is 0 Å². The number of amides is 1. The molecule has 2 heterocycles. The Morgan fingerprint density at radius 1 is 1.10 bits per heavy atom. The van der Waals surface area contributed by atoms with E-state index >= 15 is 0 Å². The first-order chi connectivity index (χ1) is 9.70. The second-order valence-electron chi connectivity index (χ2n) is 4.99. The average Bonchev–Trinajstić information content (AvgIpc) is 2.99. The fourth-order valence-corrected chi connectivity index (χ4v) is 2.72. The highest BCUT2D eigenvalue weighted by molar-refractivity contribution is 6.01. The van der Waals surface area contributed by atoms with Gasteiger partial charge in [0.1, 0.15) is 5.82 Å². The summed E-state index contributed by atoms with van der Waals surface area (Å²) in [5, 5.41) is 3.82. The molecule has 98 valence electrons. The minimum absolute atomic E-state index is 0.0261. The van der Waals surface area contributed by atoms with Crippen molar-refractivity contribution in [3.05, 3.63) is 54.0 Å². The maximum absolute atomic E-state index is 13.2. The summed E-state index contributed by atoms with van der Waals surface area (Å²) in [6.45, 7) is 0. The smallest absolute Gasteiger partial charge is 0.228 e. The van der Waals surface area contributed by atoms with E-state index in [0.717, 1.165) is 33.3 Å². The molecule has 0 saturated carbocycles. The first kappa shape index (κ1) is 11.2. The first-order valence-corrected chi connectivity index (χ1v) is 6.40. The zero-order valence-electron chi connectivity index (χ0n) is 10.5. The molecule has 3 nitrogen and oxygen atoms in total. The summed E-state index contributed by atoms with van der Waals surface area (Å²) in [6, 6.07) is 10.6. The van der Waals surface area contributed by atoms with E-state index in [-0.39, 0.29) is 11.7 Å². The standard InChI is InChI=1S/C16H11FN2O/c17-11-3-4-12-13(8-18-15(12)7-11)9-1-2-10-6-16(20)19-14(10)5-9/h1-5,7-8,18H,6H2,(H,19,20). The van der Waals surface area contributed by atoms with Crippen molar-refractivity contribution >= 4 is 22.5 Å². The molecule has 0 aliphatic carbocycles. The number of fused-ring (bicyclic) bond motifs is 2. The molecule has 1 aromatic heterocycles. The molecular weight excluding hydrogens is 255 g/mol. The van der Waals surface area contributed by atoms with Gasteiger partial charge in [-0.3, -0.25) is 4.79 Å². The Hall–Kier alpha value is -2.62. The van der Waals surface area contributed by atoms with E-state index in [4.69, 9.17) is 0 Å². The lowest BCUT2D eigenvalue weighted by molar-refractivity contribution is -0.115. The molecular formula is C16H11FN2O. The van der Waals surface area contributed by atoms with Crippen molar-refractivity contribution in [3.63, 3.8) is 0 Å². The highest BCUT2D eigenvalue weighted by Crippen LogP contribution is 2.33. The lowest BCUT2D eigenvalue weighted by Gasteiger charge is -2.03. The van der Waals surface area contributed by atoms with Crippen LogP contribution in [0.1, 0.15) is 5.56 Å². The van der Waals surface area contributed by atoms with Gasteiger partial charge in [0.15, 0.2) is 0 Å². The first-order valence-electron chi connectivity index (χ1n) is 6.40. The second kappa shape index (κ2) is 3.93. The number of carbonyl (C=O) groups is 1. The second-order valence-corrected chi connectivity index (χ2v) is 4.99. The van der Waals surface area contributed by atoms with Gasteiger partial charge in [-0.15, -0.1) is 0 Å². The minimum atomic E-state index is -0.257. The van der Waals surface area contributed by atoms with Crippen LogP contribution in [-0.2, 0) is 11.2 Å². The van der Waals surface area contributed by atoms with E-state index in [9.17, 15) is 9.18 Å². The SMILES string of the molecule is O=C1Cc2ccc(-c3c[nH]c4cc(F)ccc34)cc2N1. The number of aromatic nitrogens is 1. The van der Waals surface area contributed by atoms with Gasteiger partial charge in [-0.05, 0) is 35.4 Å². The Morgan fingerprint density at radius 2 is 2.00 bits per heavy atom. The van der Waals surface area contributed by atoms with Crippen molar-refractivity contribution in [2.45, 2.75) is 6.42 Å². The summed E-state index contributed by atoms with van der Waals surface area (Å²) in [7, 11) is 0. The summed E-state index contributed by atoms with van der Waals surface area (Å²) >= 11 is 0. The molecule has 0 fully saturated rings. The maximum Gasteiger partial charge on any atom is 0.228 e. The summed E-state index contributed by atoms with van der Waals surface area (Å²) < 4.78 is 13.2. The van der Waals surface area contributed by atoms with Gasteiger partial charge in [-0.2, -0.15) is 0 Å². The number of hydrogen-bond donors (Lipinski definition) is 2. The summed E-state index contributed by atoms with van der Waals surface area (Å²) in [6.07, 6.45) is 2.30. The van der Waals surface area contributed by atoms with Crippen LogP contribution in [0, 0.1) is 5.82 Å². The van der Waals surface area contributed by atoms with Gasteiger partial charge >= 0.3 is 0 Å². The van der Waals surface area contributed by atoms with Crippen molar-refractivity contribution in [2.75, 3.05) is 5.32 Å². The van der Waals surface area contributed by atoms with Gasteiger partial charge < -0.3 is 10.3 Å². The Kier molecular flexibility index (Phi) is 2.21. The molecule has 0 radical (unpaired) electrons. The number of benzene rings is 2. The number of anilines is 1. The molecule has 1 amide bonds. The molecule has 0 bridgehead atoms. The minimum Gasteiger partial charge on any atom is -0.360 e. The van der Waals surface area contributed by atoms with Crippen LogP contribution in [0.25, 0.3) is 22.0 Å². The van der Waals surface area contributed by atoms with Gasteiger partial charge in [0.05, 0.1) is 6.42 Å². The molecule has 2 aromatic carbocycles. The molecule has 3 aromatic rings. The molecule has 2 N–H and O–H groups in total. The Labute approximate surface area is 114 Å². The van der Waals surface area contributed by atoms with Gasteiger partial charge in [0, 0.05) is 28.4 Å². The van der Waals surface area contributed by atoms with Gasteiger partial charge in [-0.25, -0.2) is 4.39 Å². The Balaban J connectivity index is 1.88. The maximum atomic E-state index is 13.2. The van der Waals surface area contributed by atoms with Gasteiger partial charge in [0.2, 0.25) is 5.91 Å². The summed E-state index contributed by atoms with van der Waals surface area (Å²) in [4.78, 5) is 14.5. The number of H-pyrrole nitrogens is 1. The quantitative estimate of drug-likeness (QED) is 0.696. The number of rotatable bonds is 1. The molecule has 1 aliphatic heterocycles. The van der Waals surface area contributed by atoms with Crippen molar-refractivity contribution in [2.24, 2.45) is 0 Å². The van der Waals surface area contributed by atoms with E-state index in [1.165, 1.54) is 12.1 Å². The van der Waals surface area contributed by atoms with Crippen LogP contribution in [0.5, 0.6) is 0 Å². The Morgan fingerprint density at radius 3 is 2.90 bits per heavy atom. The molecule has 0 atom stereocenters. The predicted octanol–water partition coefficient (Wildman–Crippen LogP) is 3.47. The van der Waals surface area contributed by atoms with Crippen LogP contribution in [0.2, 0.25) is 0 Å². The van der Waals surface area contributed by atoms with Crippen LogP contribution in [0.15, 0.2) is 42.6 Å². The molecule has 0 saturated heterocycles. The van der Waals surface area contributed by atoms with Crippen molar-refractivity contribution in [3.8, 4) is 11.1 Å². The van der Waals surface area contributed by atoms with E-state index in [2.05, 4.69) is 10.3 Å². The predicted molar refractivity (Wildman–Crippen MR) is 76.0 cm³/mol. The number of halogens is 1. The van der Waals surface area contributed by atoms with E-state index in [1.54, 1.807) is 6.07 Å². The molecule has 20 heavy (non-hydrogen) atoms. The topological polar surface area (TPSA) is 44.9 Å². The third kappa shape index (κ3) is 1.61. The van der Waals surface area contributed by atoms with Crippen molar-refractivity contribution in [1.82, 2.24) is 4.98 Å². The third-order valence-corrected chi connectivity index (χ3v) is 3.69. The van der Waals surface area contributed by atoms with E-state index in [0.29, 0.717) is 6.42 Å². The molecule has 0 spiro atoms. The molecule has 0 unspecified atom stereocenters. The average molecular weight is 266 g/mol. The fraction of sp³-hybridized carbons (Fsp3) is 0.0625. The summed E-state index contributed by atoms with van der Waals surface area (Å²) in [5.41, 5.74) is 4.66. The lowest BCUT2D eigenvalue weighted by atomic mass is 10.0. The normalized spacial score (nSPS) is 13.6. The fourth-order valence-electron chi connectivity index (χ4n) is 2.72. The lowest BCUT2D eigenvalue weighted by Crippen LogP contribution is -2.03. The summed E-state index contributed by atoms with van der Waals surface area (Å²) in [5.74, 6) is -0.231. The van der Waals surface area contributed by atoms with Gasteiger partial charge in [0.25, 0.3) is 0 Å². The van der Waals surface area contributed by atoms with Crippen LogP contribution in [-0.4, -0.2) is 10.9 Å². The van der Waals surface area contributed by atoms with Crippen molar-refractivity contribution < 1.29 is 9.18 Å². The monoisotopic (exact) mass is 266 g/mol. The largest absolute Gasteiger partial charge is 0.360 e. The highest BCUT2D eigenvalue weighted by Gasteiger charge is 2.18. The Bertz CT molecular complexity index is 851. The number of aromatic amines is 1. The third-order valence-electron chi connectivity index (χ3n) is 3.69. The highest BCUT2D eigenvalue weighted by atomic mass is 19.1. The number of hydrogen-bond acceptors (Lipinski definition) is 1. The van der Waals surface area contributed by atoms with Crippen molar-refractivity contribution in [1.29, 1.82) is 0 Å². The van der Waals surface area contributed by atoms with Crippen LogP contribution < -0.4 is 5.32 Å². The van der Waals surface area contributed by atoms with Gasteiger partial charge in [-0.1, -0.05) is 12.1 Å². The van der Waals surface area contributed by atoms with E-state index in [1.807, 2.05) is 24.4 Å². The molecule has 4 rings (SSSR count).